The summed E-state index contributed by atoms with van der Waals surface area (Å²) < 4.78 is 220. The van der Waals surface area contributed by atoms with Crippen LogP contribution in [0.2, 0.25) is 0 Å². The van der Waals surface area contributed by atoms with Crippen LogP contribution < -0.4 is 20.7 Å². The number of aliphatic hydroxyl groups is 1. The molecule has 0 aromatic heterocycles. The van der Waals surface area contributed by atoms with Gasteiger partial charge in [0.25, 0.3) is 5.91 Å². The van der Waals surface area contributed by atoms with Crippen molar-refractivity contribution in [3.63, 3.8) is 0 Å². The number of carbonyl (C=O) groups excluding carboxylic acids is 3. The molecule has 1 aliphatic rings. The van der Waals surface area contributed by atoms with E-state index in [1.807, 2.05) is 0 Å². The number of hydrogen-bond donors (Lipinski definition) is 4. The number of aryl methyl sites for hydroxylation is 2. The average Bonchev–Trinajstić information content (AvgIpc) is 3.25. The molecule has 0 bridgehead atoms. The molecule has 1 saturated heterocycles. The van der Waals surface area contributed by atoms with Crippen LogP contribution in [-0.4, -0.2) is 71.7 Å². The van der Waals surface area contributed by atoms with Crippen LogP contribution in [0.4, 0.5) is 4.79 Å². The molecule has 0 radical (unpaired) electrons. The zero-order valence-electron chi connectivity index (χ0n) is 49.7. The molecule has 4 rings (SSSR count). The zero-order valence-corrected chi connectivity index (χ0v) is 24.7. The van der Waals surface area contributed by atoms with E-state index in [-0.39, 0.29) is 34.7 Å². The fourth-order valence-corrected chi connectivity index (χ4v) is 4.28. The molecular formula is C37H48N4O5. The van der Waals surface area contributed by atoms with Crippen molar-refractivity contribution < 1.29 is 58.5 Å². The maximum atomic E-state index is 14.9. The summed E-state index contributed by atoms with van der Waals surface area (Å²) in [5, 5.41) is 17.8. The van der Waals surface area contributed by atoms with Gasteiger partial charge in [-0.15, -0.1) is 0 Å². The smallest absolute Gasteiger partial charge is 0.318 e. The number of urea groups is 1. The van der Waals surface area contributed by atoms with E-state index in [9.17, 15) is 27.7 Å². The Balaban J connectivity index is 2.12. The fraction of sp³-hybridized carbons (Fsp3) is 0.432. The van der Waals surface area contributed by atoms with E-state index < -0.39 is 165 Å². The first-order valence-corrected chi connectivity index (χ1v) is 13.8. The van der Waals surface area contributed by atoms with Gasteiger partial charge in [-0.25, -0.2) is 4.79 Å². The van der Waals surface area contributed by atoms with Gasteiger partial charge in [0.2, 0.25) is 5.91 Å². The van der Waals surface area contributed by atoms with Crippen molar-refractivity contribution in [1.82, 2.24) is 20.9 Å². The van der Waals surface area contributed by atoms with E-state index in [2.05, 4.69) is 5.32 Å². The molecule has 1 aliphatic heterocycles. The van der Waals surface area contributed by atoms with E-state index in [0.29, 0.717) is 0 Å². The first kappa shape index (κ1) is 14.2. The Morgan fingerprint density at radius 2 is 1.67 bits per heavy atom. The van der Waals surface area contributed by atoms with Crippen LogP contribution in [0.25, 0.3) is 0 Å². The van der Waals surface area contributed by atoms with E-state index in [0.717, 1.165) is 0 Å². The molecular weight excluding hydrogens is 580 g/mol. The lowest BCUT2D eigenvalue weighted by Crippen LogP contribution is -2.59. The van der Waals surface area contributed by atoms with Crippen molar-refractivity contribution in [2.45, 2.75) is 77.3 Å². The first-order chi connectivity index (χ1) is 32.0. The summed E-state index contributed by atoms with van der Waals surface area (Å²) in [4.78, 5) is 42.4. The Bertz CT molecular complexity index is 2520. The van der Waals surface area contributed by atoms with Crippen LogP contribution in [0.1, 0.15) is 83.1 Å². The molecule has 3 aromatic carbocycles. The Labute approximate surface area is 307 Å². The van der Waals surface area contributed by atoms with E-state index in [1.165, 1.54) is 32.0 Å². The number of para-hydroxylation sites is 1. The highest BCUT2D eigenvalue weighted by atomic mass is 16.5. The van der Waals surface area contributed by atoms with Crippen molar-refractivity contribution in [2.24, 2.45) is 5.89 Å². The second kappa shape index (κ2) is 16.8. The van der Waals surface area contributed by atoms with Gasteiger partial charge >= 0.3 is 6.03 Å². The Morgan fingerprint density at radius 3 is 2.28 bits per heavy atom. The molecule has 46 heavy (non-hydrogen) atoms. The summed E-state index contributed by atoms with van der Waals surface area (Å²) in [7, 11) is 0. The summed E-state index contributed by atoms with van der Waals surface area (Å²) in [5.74, 6) is -9.15. The highest BCUT2D eigenvalue weighted by Crippen LogP contribution is 2.22. The zero-order chi connectivity index (χ0) is 54.9. The SMILES string of the molecule is [2H]c1c([2H])c([2H])c(C([2H])([2H])[C@@H](C[C@H](O)[C@@]([2H])(NC(=O)C([2H])([2H])Oc2c(C)cccc2C)C([2H])([2H])c2c([2H])c([2H])c([2H])c([2H])c2[2H])NC(=O)[C@@]([2H])(N2CCCNC2=O)C([2H])(C([2H])([2H])[2H])C([2H])([2H])[2H])c([2H])c1[2H]. The van der Waals surface area contributed by atoms with Crippen LogP contribution in [-0.2, 0) is 22.3 Å². The molecule has 0 unspecified atom stereocenters. The van der Waals surface area contributed by atoms with E-state index in [1.54, 1.807) is 10.6 Å². The van der Waals surface area contributed by atoms with E-state index in [4.69, 9.17) is 30.8 Å². The molecule has 1 fully saturated rings. The van der Waals surface area contributed by atoms with Crippen LogP contribution in [0, 0.1) is 19.7 Å². The lowest BCUT2D eigenvalue weighted by atomic mass is 9.92. The van der Waals surface area contributed by atoms with Crippen LogP contribution in [0.5, 0.6) is 5.75 Å². The number of amides is 4. The number of rotatable bonds is 15. The molecule has 246 valence electrons. The number of benzene rings is 3. The monoisotopic (exact) mass is 654 g/mol. The lowest BCUT2D eigenvalue weighted by Gasteiger charge is -2.37. The number of ether oxygens (including phenoxy) is 1. The first-order valence-electron chi connectivity index (χ1n) is 26.3. The number of hydrogen-bond acceptors (Lipinski definition) is 5. The molecule has 1 heterocycles. The van der Waals surface area contributed by atoms with Gasteiger partial charge in [-0.05, 0) is 67.6 Å². The predicted molar refractivity (Wildman–Crippen MR) is 180 cm³/mol. The minimum Gasteiger partial charge on any atom is -0.483 e. The Hall–Kier alpha value is -4.37. The number of nitrogens with zero attached hydrogens (tertiary/aromatic N) is 1. The number of nitrogens with one attached hydrogen (secondary N) is 3. The van der Waals surface area contributed by atoms with Gasteiger partial charge in [-0.2, -0.15) is 0 Å². The van der Waals surface area contributed by atoms with Crippen LogP contribution >= 0.6 is 0 Å². The fourth-order valence-electron chi connectivity index (χ4n) is 4.28. The van der Waals surface area contributed by atoms with Crippen molar-refractivity contribution in [3.8, 4) is 5.75 Å². The predicted octanol–water partition coefficient (Wildman–Crippen LogP) is 4.33. The van der Waals surface area contributed by atoms with Crippen molar-refractivity contribution in [3.05, 3.63) is 101 Å². The Morgan fingerprint density at radius 1 is 1.04 bits per heavy atom. The minimum atomic E-state index is -4.40. The normalized spacial score (nSPS) is 26.7. The standard InChI is InChI=1S/C37H48N4O5/c1-25(2)34(41-20-12-19-38-37(41)45)36(44)39-30(21-28-15-7-5-8-16-28)23-32(42)31(22-29-17-9-6-10-18-29)40-33(43)24-46-35-26(3)13-11-14-27(35)4/h5-11,13-18,25,30-32,34,42H,12,19-24H2,1-4H3,(H,38,45)(H,39,44)(H,40,43)/t30-,31-,32-,34-/m0/s1/i1D3,2D3,5D,6D,7D,8D,9D,10D,15D,16D,17D,18D,21D2,22D2,24D2,25D,31D,34D. The van der Waals surface area contributed by atoms with Crippen molar-refractivity contribution >= 4 is 17.8 Å². The Kier molecular flexibility index (Phi) is 5.18. The average molecular weight is 654 g/mol. The quantitative estimate of drug-likeness (QED) is 0.195. The third kappa shape index (κ3) is 9.81. The molecule has 3 aromatic rings. The van der Waals surface area contributed by atoms with Crippen molar-refractivity contribution in [2.75, 3.05) is 19.6 Å². The maximum absolute atomic E-state index is 14.9. The van der Waals surface area contributed by atoms with Gasteiger partial charge in [0.1, 0.15) is 11.8 Å². The van der Waals surface area contributed by atoms with Gasteiger partial charge in [0.05, 0.1) is 31.3 Å². The minimum absolute atomic E-state index is 0.0233. The molecule has 4 amide bonds. The summed E-state index contributed by atoms with van der Waals surface area (Å²) in [6, 6.07) is -21.1. The molecule has 0 aliphatic carbocycles. The molecule has 0 spiro atoms. The van der Waals surface area contributed by atoms with Gasteiger partial charge in [0.15, 0.2) is 6.56 Å². The molecule has 9 nitrogen and oxygen atoms in total. The molecule has 9 heteroatoms. The highest BCUT2D eigenvalue weighted by Gasteiger charge is 2.35. The summed E-state index contributed by atoms with van der Waals surface area (Å²) in [5.41, 5.74) is -2.41. The van der Waals surface area contributed by atoms with Gasteiger partial charge in [-0.1, -0.05) is 92.3 Å². The summed E-state index contributed by atoms with van der Waals surface area (Å²) in [6.45, 7) is -10.3. The summed E-state index contributed by atoms with van der Waals surface area (Å²) in [6.07, 6.45) is -13.4. The summed E-state index contributed by atoms with van der Waals surface area (Å²) >= 11 is 0. The van der Waals surface area contributed by atoms with Crippen LogP contribution in [0.3, 0.4) is 0 Å². The largest absolute Gasteiger partial charge is 0.483 e. The topological polar surface area (TPSA) is 120 Å². The van der Waals surface area contributed by atoms with E-state index >= 15 is 0 Å². The maximum Gasteiger partial charge on any atom is 0.318 e. The van der Waals surface area contributed by atoms with Crippen LogP contribution in [0.15, 0.2) is 78.6 Å². The van der Waals surface area contributed by atoms with Gasteiger partial charge < -0.3 is 30.7 Å². The highest BCUT2D eigenvalue weighted by molar-refractivity contribution is 5.87. The second-order valence-electron chi connectivity index (χ2n) is 9.80. The third-order valence-electron chi connectivity index (χ3n) is 6.38. The molecule has 4 N–H and O–H groups in total. The molecule has 0 saturated carbocycles. The molecule has 4 atom stereocenters. The number of carbonyl (C=O) groups is 3. The van der Waals surface area contributed by atoms with Crippen molar-refractivity contribution in [1.29, 1.82) is 0 Å². The third-order valence-corrected chi connectivity index (χ3v) is 6.38. The lowest BCUT2D eigenvalue weighted by molar-refractivity contribution is -0.128. The second-order valence-corrected chi connectivity index (χ2v) is 9.80. The van der Waals surface area contributed by atoms with Gasteiger partial charge in [-0.3, -0.25) is 9.59 Å². The van der Waals surface area contributed by atoms with Gasteiger partial charge in [0, 0.05) is 34.2 Å². The number of aliphatic hydroxyl groups excluding tert-OH is 1.